The molecule has 0 saturated heterocycles. The molecule has 2 rings (SSSR count). The topological polar surface area (TPSA) is 82.6 Å². The SMILES string of the molecule is CCOC(=O)C1C(=O)CC(=O)CC1c1ccncc1OC. The van der Waals surface area contributed by atoms with Crippen LogP contribution in [0.1, 0.15) is 31.2 Å². The van der Waals surface area contributed by atoms with Crippen LogP contribution in [-0.4, -0.2) is 36.2 Å². The van der Waals surface area contributed by atoms with Crippen molar-refractivity contribution >= 4 is 17.5 Å². The van der Waals surface area contributed by atoms with Gasteiger partial charge in [-0.1, -0.05) is 0 Å². The van der Waals surface area contributed by atoms with Crippen molar-refractivity contribution in [2.24, 2.45) is 5.92 Å². The summed E-state index contributed by atoms with van der Waals surface area (Å²) in [6.07, 6.45) is 2.95. The number of carbonyl (C=O) groups is 3. The van der Waals surface area contributed by atoms with Gasteiger partial charge in [0.1, 0.15) is 17.5 Å². The third-order valence-corrected chi connectivity index (χ3v) is 3.54. The van der Waals surface area contributed by atoms with Crippen molar-refractivity contribution < 1.29 is 23.9 Å². The highest BCUT2D eigenvalue weighted by atomic mass is 16.5. The Hall–Kier alpha value is -2.24. The first-order valence-electron chi connectivity index (χ1n) is 6.77. The van der Waals surface area contributed by atoms with Gasteiger partial charge in [-0.25, -0.2) is 0 Å². The van der Waals surface area contributed by atoms with E-state index in [1.54, 1.807) is 19.2 Å². The fourth-order valence-corrected chi connectivity index (χ4v) is 2.65. The molecule has 1 heterocycles. The largest absolute Gasteiger partial charge is 0.495 e. The third kappa shape index (κ3) is 3.09. The van der Waals surface area contributed by atoms with Crippen LogP contribution in [0.4, 0.5) is 0 Å². The summed E-state index contributed by atoms with van der Waals surface area (Å²) < 4.78 is 10.2. The molecule has 112 valence electrons. The highest BCUT2D eigenvalue weighted by molar-refractivity contribution is 6.11. The van der Waals surface area contributed by atoms with Crippen LogP contribution in [-0.2, 0) is 19.1 Å². The Morgan fingerprint density at radius 2 is 2.19 bits per heavy atom. The molecule has 0 aromatic carbocycles. The minimum absolute atomic E-state index is 0.121. The molecular weight excluding hydrogens is 274 g/mol. The Bertz CT molecular complexity index is 569. The standard InChI is InChI=1S/C15H17NO5/c1-3-21-15(19)14-11(6-9(17)7-12(14)18)10-4-5-16-8-13(10)20-2/h4-5,8,11,14H,3,6-7H2,1-2H3. The highest BCUT2D eigenvalue weighted by Gasteiger charge is 2.43. The number of methoxy groups -OCH3 is 1. The van der Waals surface area contributed by atoms with E-state index in [-0.39, 0.29) is 25.2 Å². The first-order valence-corrected chi connectivity index (χ1v) is 6.77. The van der Waals surface area contributed by atoms with Crippen molar-refractivity contribution in [2.45, 2.75) is 25.7 Å². The number of ether oxygens (including phenoxy) is 2. The van der Waals surface area contributed by atoms with Gasteiger partial charge in [0.15, 0.2) is 5.78 Å². The maximum absolute atomic E-state index is 12.1. The quantitative estimate of drug-likeness (QED) is 0.614. The first-order chi connectivity index (χ1) is 10.1. The van der Waals surface area contributed by atoms with E-state index in [0.717, 1.165) is 0 Å². The summed E-state index contributed by atoms with van der Waals surface area (Å²) in [5, 5.41) is 0. The molecule has 1 aliphatic carbocycles. The molecule has 0 amide bonds. The van der Waals surface area contributed by atoms with Gasteiger partial charge in [-0.3, -0.25) is 19.4 Å². The molecule has 1 aliphatic rings. The van der Waals surface area contributed by atoms with E-state index in [2.05, 4.69) is 4.98 Å². The molecular formula is C15H17NO5. The van der Waals surface area contributed by atoms with Gasteiger partial charge >= 0.3 is 5.97 Å². The molecule has 2 atom stereocenters. The molecule has 0 spiro atoms. The van der Waals surface area contributed by atoms with E-state index in [0.29, 0.717) is 11.3 Å². The molecule has 0 radical (unpaired) electrons. The number of pyridine rings is 1. The van der Waals surface area contributed by atoms with Gasteiger partial charge in [0.2, 0.25) is 0 Å². The molecule has 1 aromatic heterocycles. The van der Waals surface area contributed by atoms with E-state index in [1.165, 1.54) is 13.3 Å². The lowest BCUT2D eigenvalue weighted by atomic mass is 9.74. The Morgan fingerprint density at radius 1 is 1.43 bits per heavy atom. The van der Waals surface area contributed by atoms with Crippen LogP contribution in [0, 0.1) is 5.92 Å². The number of Topliss-reactive ketones (excluding diaryl/α,β-unsaturated/α-hetero) is 2. The number of hydrogen-bond acceptors (Lipinski definition) is 6. The summed E-state index contributed by atoms with van der Waals surface area (Å²) in [6, 6.07) is 1.67. The molecule has 6 heteroatoms. The zero-order valence-electron chi connectivity index (χ0n) is 12.0. The second-order valence-electron chi connectivity index (χ2n) is 4.84. The smallest absolute Gasteiger partial charge is 0.317 e. The number of nitrogens with zero attached hydrogens (tertiary/aromatic N) is 1. The van der Waals surface area contributed by atoms with Crippen LogP contribution in [0.3, 0.4) is 0 Å². The summed E-state index contributed by atoms with van der Waals surface area (Å²) in [6.45, 7) is 1.87. The molecule has 0 N–H and O–H groups in total. The summed E-state index contributed by atoms with van der Waals surface area (Å²) in [5.41, 5.74) is 0.631. The van der Waals surface area contributed by atoms with Crippen LogP contribution in [0.2, 0.25) is 0 Å². The maximum atomic E-state index is 12.1. The van der Waals surface area contributed by atoms with E-state index in [9.17, 15) is 14.4 Å². The average molecular weight is 291 g/mol. The number of aromatic nitrogens is 1. The Labute approximate surface area is 122 Å². The monoisotopic (exact) mass is 291 g/mol. The van der Waals surface area contributed by atoms with Gasteiger partial charge < -0.3 is 9.47 Å². The minimum atomic E-state index is -0.959. The van der Waals surface area contributed by atoms with Crippen LogP contribution >= 0.6 is 0 Å². The molecule has 21 heavy (non-hydrogen) atoms. The molecule has 2 unspecified atom stereocenters. The van der Waals surface area contributed by atoms with Crippen molar-refractivity contribution in [3.05, 3.63) is 24.0 Å². The Kier molecular flexibility index (Phi) is 4.67. The predicted octanol–water partition coefficient (Wildman–Crippen LogP) is 1.29. The van der Waals surface area contributed by atoms with Crippen molar-refractivity contribution in [3.8, 4) is 5.75 Å². The number of hydrogen-bond donors (Lipinski definition) is 0. The molecule has 0 bridgehead atoms. The normalized spacial score (nSPS) is 22.0. The highest BCUT2D eigenvalue weighted by Crippen LogP contribution is 2.39. The summed E-state index contributed by atoms with van der Waals surface area (Å²) in [4.78, 5) is 39.9. The number of carbonyl (C=O) groups excluding carboxylic acids is 3. The lowest BCUT2D eigenvalue weighted by molar-refractivity contribution is -0.154. The number of rotatable bonds is 4. The molecule has 1 aromatic rings. The maximum Gasteiger partial charge on any atom is 0.317 e. The van der Waals surface area contributed by atoms with Crippen molar-refractivity contribution in [2.75, 3.05) is 13.7 Å². The van der Waals surface area contributed by atoms with Gasteiger partial charge in [-0.2, -0.15) is 0 Å². The molecule has 1 fully saturated rings. The summed E-state index contributed by atoms with van der Waals surface area (Å²) >= 11 is 0. The van der Waals surface area contributed by atoms with E-state index in [4.69, 9.17) is 9.47 Å². The zero-order valence-corrected chi connectivity index (χ0v) is 12.0. The van der Waals surface area contributed by atoms with Crippen LogP contribution in [0.25, 0.3) is 0 Å². The van der Waals surface area contributed by atoms with Gasteiger partial charge in [0, 0.05) is 24.1 Å². The lowest BCUT2D eigenvalue weighted by Crippen LogP contribution is -2.38. The zero-order chi connectivity index (χ0) is 15.4. The predicted molar refractivity (Wildman–Crippen MR) is 72.9 cm³/mol. The number of esters is 1. The Morgan fingerprint density at radius 3 is 2.86 bits per heavy atom. The fourth-order valence-electron chi connectivity index (χ4n) is 2.65. The lowest BCUT2D eigenvalue weighted by Gasteiger charge is -2.29. The van der Waals surface area contributed by atoms with Crippen LogP contribution in [0.5, 0.6) is 5.75 Å². The van der Waals surface area contributed by atoms with Crippen LogP contribution < -0.4 is 4.74 Å². The second-order valence-corrected chi connectivity index (χ2v) is 4.84. The minimum Gasteiger partial charge on any atom is -0.495 e. The van der Waals surface area contributed by atoms with E-state index < -0.39 is 23.6 Å². The summed E-state index contributed by atoms with van der Waals surface area (Å²) in [5.74, 6) is -2.22. The number of ketones is 2. The van der Waals surface area contributed by atoms with Crippen molar-refractivity contribution in [1.29, 1.82) is 0 Å². The average Bonchev–Trinajstić information content (AvgIpc) is 2.46. The van der Waals surface area contributed by atoms with Crippen LogP contribution in [0.15, 0.2) is 18.5 Å². The molecule has 1 saturated carbocycles. The third-order valence-electron chi connectivity index (χ3n) is 3.54. The van der Waals surface area contributed by atoms with Crippen molar-refractivity contribution in [3.63, 3.8) is 0 Å². The Balaban J connectivity index is 2.42. The van der Waals surface area contributed by atoms with E-state index in [1.807, 2.05) is 0 Å². The summed E-state index contributed by atoms with van der Waals surface area (Å²) in [7, 11) is 1.48. The van der Waals surface area contributed by atoms with E-state index >= 15 is 0 Å². The second kappa shape index (κ2) is 6.47. The molecule has 0 aliphatic heterocycles. The fraction of sp³-hybridized carbons (Fsp3) is 0.467. The van der Waals surface area contributed by atoms with Gasteiger partial charge in [0.25, 0.3) is 0 Å². The van der Waals surface area contributed by atoms with Gasteiger partial charge in [-0.15, -0.1) is 0 Å². The van der Waals surface area contributed by atoms with Gasteiger partial charge in [0.05, 0.1) is 26.3 Å². The molecule has 6 nitrogen and oxygen atoms in total. The van der Waals surface area contributed by atoms with Crippen molar-refractivity contribution in [1.82, 2.24) is 4.98 Å². The first kappa shape index (κ1) is 15.2. The van der Waals surface area contributed by atoms with Gasteiger partial charge in [-0.05, 0) is 13.0 Å².